The number of aromatic amines is 1. The number of nitrogens with zero attached hydrogens (tertiary/aromatic N) is 5. The van der Waals surface area contributed by atoms with Crippen LogP contribution >= 0.6 is 11.6 Å². The summed E-state index contributed by atoms with van der Waals surface area (Å²) in [6.07, 6.45) is 1.54. The van der Waals surface area contributed by atoms with Crippen molar-refractivity contribution < 1.29 is 14.6 Å². The number of fused-ring (bicyclic) bond motifs is 1. The average Bonchev–Trinajstić information content (AvgIpc) is 3.23. The summed E-state index contributed by atoms with van der Waals surface area (Å²) in [6.45, 7) is 4.12. The maximum atomic E-state index is 10.7. The van der Waals surface area contributed by atoms with Crippen molar-refractivity contribution in [3.8, 4) is 28.5 Å². The maximum Gasteiger partial charge on any atom is 0.511 e. The van der Waals surface area contributed by atoms with E-state index in [1.165, 1.54) is 18.0 Å². The molecule has 1 aliphatic rings. The lowest BCUT2D eigenvalue weighted by Gasteiger charge is -2.34. The van der Waals surface area contributed by atoms with Crippen molar-refractivity contribution in [2.45, 2.75) is 0 Å². The smallest absolute Gasteiger partial charge is 0.449 e. The number of anilines is 1. The summed E-state index contributed by atoms with van der Waals surface area (Å²) in [6, 6.07) is 11.4. The minimum atomic E-state index is -1.42. The zero-order valence-corrected chi connectivity index (χ0v) is 18.6. The van der Waals surface area contributed by atoms with Gasteiger partial charge in [0.05, 0.1) is 27.9 Å². The molecule has 1 aliphatic heterocycles. The van der Waals surface area contributed by atoms with Crippen LogP contribution in [0, 0.1) is 0 Å². The number of piperazine rings is 1. The van der Waals surface area contributed by atoms with Crippen LogP contribution in [-0.4, -0.2) is 69.3 Å². The Labute approximate surface area is 194 Å². The van der Waals surface area contributed by atoms with Crippen LogP contribution < -0.4 is 9.64 Å². The van der Waals surface area contributed by atoms with Gasteiger partial charge in [-0.25, -0.2) is 9.78 Å². The molecule has 4 heterocycles. The van der Waals surface area contributed by atoms with E-state index in [-0.39, 0.29) is 10.8 Å². The Balaban J connectivity index is 1.37. The number of likely N-dealkylation sites (N-methyl/N-ethyl adjacent to an activating group) is 1. The normalized spacial score (nSPS) is 14.5. The number of H-pyrrole nitrogens is 1. The molecule has 0 radical (unpaired) electrons. The van der Waals surface area contributed by atoms with Gasteiger partial charge in [-0.1, -0.05) is 11.6 Å². The summed E-state index contributed by atoms with van der Waals surface area (Å²) < 4.78 is 4.58. The molecule has 5 rings (SSSR count). The molecule has 0 aliphatic carbocycles. The second kappa shape index (κ2) is 8.68. The lowest BCUT2D eigenvalue weighted by Crippen LogP contribution is -2.44. The Morgan fingerprint density at radius 3 is 2.61 bits per heavy atom. The highest BCUT2D eigenvalue weighted by molar-refractivity contribution is 6.33. The standard InChI is InChI=1S/C23H21ClN6O3/c1-29-6-8-30(9-7-29)15-3-5-18-20(10-15)28-22(27-18)19-4-2-14(12-25-19)21-17(24)11-16(13-26-21)33-23(31)32/h2-5,10-13H,6-9H2,1H3,(H,27,28)(H,31,32). The highest BCUT2D eigenvalue weighted by Crippen LogP contribution is 2.30. The van der Waals surface area contributed by atoms with Gasteiger partial charge in [-0.2, -0.15) is 0 Å². The van der Waals surface area contributed by atoms with Crippen molar-refractivity contribution in [2.24, 2.45) is 0 Å². The van der Waals surface area contributed by atoms with Gasteiger partial charge in [0.2, 0.25) is 0 Å². The van der Waals surface area contributed by atoms with Crippen molar-refractivity contribution in [3.05, 3.63) is 53.8 Å². The van der Waals surface area contributed by atoms with Crippen LogP contribution in [0.2, 0.25) is 5.02 Å². The highest BCUT2D eigenvalue weighted by atomic mass is 35.5. The molecule has 3 aromatic heterocycles. The largest absolute Gasteiger partial charge is 0.511 e. The molecule has 1 fully saturated rings. The number of halogens is 1. The van der Waals surface area contributed by atoms with E-state index >= 15 is 0 Å². The van der Waals surface area contributed by atoms with Crippen molar-refractivity contribution in [1.29, 1.82) is 0 Å². The fraction of sp³-hybridized carbons (Fsp3) is 0.217. The number of aromatic nitrogens is 4. The van der Waals surface area contributed by atoms with Gasteiger partial charge in [0, 0.05) is 49.7 Å². The van der Waals surface area contributed by atoms with E-state index in [9.17, 15) is 4.79 Å². The van der Waals surface area contributed by atoms with Crippen LogP contribution in [0.4, 0.5) is 10.5 Å². The monoisotopic (exact) mass is 464 g/mol. The summed E-state index contributed by atoms with van der Waals surface area (Å²) >= 11 is 6.26. The molecule has 0 unspecified atom stereocenters. The topological polar surface area (TPSA) is 107 Å². The number of nitrogens with one attached hydrogen (secondary N) is 1. The van der Waals surface area contributed by atoms with Gasteiger partial charge < -0.3 is 24.6 Å². The van der Waals surface area contributed by atoms with Crippen molar-refractivity contribution in [2.75, 3.05) is 38.1 Å². The quantitative estimate of drug-likeness (QED) is 0.434. The zero-order chi connectivity index (χ0) is 22.9. The Bertz CT molecular complexity index is 1320. The number of pyridine rings is 2. The number of imidazole rings is 1. The average molecular weight is 465 g/mol. The fourth-order valence-electron chi connectivity index (χ4n) is 3.84. The van der Waals surface area contributed by atoms with E-state index in [4.69, 9.17) is 16.7 Å². The number of carbonyl (C=O) groups is 1. The molecule has 1 aromatic carbocycles. The molecule has 0 saturated carbocycles. The van der Waals surface area contributed by atoms with Gasteiger partial charge in [0.15, 0.2) is 11.6 Å². The van der Waals surface area contributed by atoms with E-state index in [1.807, 2.05) is 18.2 Å². The molecule has 0 bridgehead atoms. The molecule has 0 amide bonds. The number of benzene rings is 1. The first kappa shape index (κ1) is 21.2. The summed E-state index contributed by atoms with van der Waals surface area (Å²) in [5.74, 6) is 0.732. The minimum absolute atomic E-state index is 0.0547. The minimum Gasteiger partial charge on any atom is -0.449 e. The van der Waals surface area contributed by atoms with Crippen molar-refractivity contribution in [1.82, 2.24) is 24.8 Å². The van der Waals surface area contributed by atoms with Crippen LogP contribution in [0.3, 0.4) is 0 Å². The first-order valence-electron chi connectivity index (χ1n) is 10.4. The van der Waals surface area contributed by atoms with Gasteiger partial charge in [0.1, 0.15) is 5.69 Å². The van der Waals surface area contributed by atoms with Crippen molar-refractivity contribution in [3.63, 3.8) is 0 Å². The molecule has 168 valence electrons. The van der Waals surface area contributed by atoms with E-state index in [2.05, 4.69) is 53.7 Å². The fourth-order valence-corrected chi connectivity index (χ4v) is 4.11. The van der Waals surface area contributed by atoms with Crippen LogP contribution in [0.15, 0.2) is 48.8 Å². The Morgan fingerprint density at radius 2 is 1.91 bits per heavy atom. The third-order valence-electron chi connectivity index (χ3n) is 5.63. The maximum absolute atomic E-state index is 10.7. The van der Waals surface area contributed by atoms with Gasteiger partial charge in [0.25, 0.3) is 0 Å². The molecule has 0 atom stereocenters. The molecule has 4 aromatic rings. The third-order valence-corrected chi connectivity index (χ3v) is 5.92. The van der Waals surface area contributed by atoms with Crippen LogP contribution in [0.5, 0.6) is 5.75 Å². The summed E-state index contributed by atoms with van der Waals surface area (Å²) in [5, 5.41) is 8.98. The predicted molar refractivity (Wildman–Crippen MR) is 126 cm³/mol. The second-order valence-electron chi connectivity index (χ2n) is 7.88. The summed E-state index contributed by atoms with van der Waals surface area (Å²) in [4.78, 5) is 32.2. The Hall–Kier alpha value is -3.69. The number of hydrogen-bond acceptors (Lipinski definition) is 7. The molecule has 1 saturated heterocycles. The first-order chi connectivity index (χ1) is 16.0. The number of hydrogen-bond donors (Lipinski definition) is 2. The molecular formula is C23H21ClN6O3. The lowest BCUT2D eigenvalue weighted by molar-refractivity contribution is 0.144. The number of carboxylic acid groups (broad SMARTS) is 1. The number of rotatable bonds is 4. The van der Waals surface area contributed by atoms with E-state index in [1.54, 1.807) is 6.20 Å². The van der Waals surface area contributed by atoms with Gasteiger partial charge in [-0.3, -0.25) is 9.97 Å². The van der Waals surface area contributed by atoms with Gasteiger partial charge in [-0.05, 0) is 37.4 Å². The Kier molecular flexibility index (Phi) is 5.57. The van der Waals surface area contributed by atoms with Gasteiger partial charge >= 0.3 is 6.16 Å². The zero-order valence-electron chi connectivity index (χ0n) is 17.8. The third kappa shape index (κ3) is 4.46. The molecule has 10 heteroatoms. The van der Waals surface area contributed by atoms with E-state index in [0.29, 0.717) is 22.8 Å². The van der Waals surface area contributed by atoms with Gasteiger partial charge in [-0.15, -0.1) is 0 Å². The van der Waals surface area contributed by atoms with E-state index in [0.717, 1.165) is 37.2 Å². The summed E-state index contributed by atoms with van der Waals surface area (Å²) in [7, 11) is 2.15. The molecule has 33 heavy (non-hydrogen) atoms. The lowest BCUT2D eigenvalue weighted by atomic mass is 10.1. The van der Waals surface area contributed by atoms with Crippen LogP contribution in [0.25, 0.3) is 33.8 Å². The van der Waals surface area contributed by atoms with Crippen molar-refractivity contribution >= 4 is 34.5 Å². The highest BCUT2D eigenvalue weighted by Gasteiger charge is 2.16. The van der Waals surface area contributed by atoms with Crippen LogP contribution in [-0.2, 0) is 0 Å². The predicted octanol–water partition coefficient (Wildman–Crippen LogP) is 4.15. The molecule has 0 spiro atoms. The molecular weight excluding hydrogens is 444 g/mol. The summed E-state index contributed by atoms with van der Waals surface area (Å²) in [5.41, 5.74) is 4.90. The molecule has 9 nitrogen and oxygen atoms in total. The number of ether oxygens (including phenoxy) is 1. The van der Waals surface area contributed by atoms with Crippen LogP contribution in [0.1, 0.15) is 0 Å². The second-order valence-corrected chi connectivity index (χ2v) is 8.29. The first-order valence-corrected chi connectivity index (χ1v) is 10.8. The SMILES string of the molecule is CN1CCN(c2ccc3nc(-c4ccc(-c5ncc(OC(=O)O)cc5Cl)cn4)[nH]c3c2)CC1. The van der Waals surface area contributed by atoms with E-state index < -0.39 is 6.16 Å². The molecule has 2 N–H and O–H groups in total. The Morgan fingerprint density at radius 1 is 1.09 bits per heavy atom.